The molecule has 2 N–H and O–H groups in total. The Hall–Kier alpha value is -2.01. The Balaban J connectivity index is 0.00000106. The number of nitrogens with one attached hydrogen (secondary N) is 2. The number of fused-ring (bicyclic) bond motifs is 1. The van der Waals surface area contributed by atoms with E-state index >= 15 is 0 Å². The number of hydrogen-bond acceptors (Lipinski definition) is 3. The molecule has 2 rings (SSSR count). The van der Waals surface area contributed by atoms with Crippen LogP contribution in [0.3, 0.4) is 0 Å². The molecule has 0 aliphatic heterocycles. The Morgan fingerprint density at radius 1 is 1.29 bits per heavy atom. The summed E-state index contributed by atoms with van der Waals surface area (Å²) in [5.41, 5.74) is 2.60. The van der Waals surface area contributed by atoms with Gasteiger partial charge >= 0.3 is 0 Å². The molecule has 0 aliphatic carbocycles. The van der Waals surface area contributed by atoms with Gasteiger partial charge in [0.25, 0.3) is 5.56 Å². The van der Waals surface area contributed by atoms with Crippen molar-refractivity contribution in [2.24, 2.45) is 0 Å². The van der Waals surface area contributed by atoms with Gasteiger partial charge < -0.3 is 4.98 Å². The summed E-state index contributed by atoms with van der Waals surface area (Å²) < 4.78 is 0. The van der Waals surface area contributed by atoms with Crippen LogP contribution in [0.5, 0.6) is 0 Å². The molecule has 0 atom stereocenters. The van der Waals surface area contributed by atoms with Gasteiger partial charge in [-0.15, -0.1) is 0 Å². The van der Waals surface area contributed by atoms with Crippen LogP contribution < -0.4 is 5.56 Å². The number of H-pyrrole nitrogens is 2. The maximum absolute atomic E-state index is 12.0. The number of rotatable bonds is 5. The van der Waals surface area contributed by atoms with Crippen molar-refractivity contribution in [1.29, 1.82) is 0 Å². The van der Waals surface area contributed by atoms with Crippen molar-refractivity contribution >= 4 is 34.9 Å². The Morgan fingerprint density at radius 3 is 2.57 bits per heavy atom. The van der Waals surface area contributed by atoms with Crippen molar-refractivity contribution in [3.8, 4) is 0 Å². The van der Waals surface area contributed by atoms with Crippen molar-refractivity contribution in [1.82, 2.24) is 15.0 Å². The Kier molecular flexibility index (Phi) is 6.75. The number of aromatic nitrogens is 3. The smallest absolute Gasteiger partial charge is 0.275 e. The van der Waals surface area contributed by atoms with Crippen LogP contribution >= 0.6 is 11.8 Å². The number of hydrogen-bond donors (Lipinski definition) is 2. The molecule has 21 heavy (non-hydrogen) atoms. The molecule has 4 nitrogen and oxygen atoms in total. The second kappa shape index (κ2) is 8.32. The zero-order valence-electron chi connectivity index (χ0n) is 12.7. The fourth-order valence-electron chi connectivity index (χ4n) is 1.79. The first-order valence-corrected chi connectivity index (χ1v) is 7.90. The van der Waals surface area contributed by atoms with Gasteiger partial charge in [0, 0.05) is 11.3 Å². The van der Waals surface area contributed by atoms with Crippen LogP contribution in [0.4, 0.5) is 0 Å². The molecule has 0 saturated heterocycles. The van der Waals surface area contributed by atoms with E-state index in [2.05, 4.69) is 28.1 Å². The molecule has 2 aromatic rings. The van der Waals surface area contributed by atoms with Gasteiger partial charge in [0.05, 0.1) is 0 Å². The van der Waals surface area contributed by atoms with Gasteiger partial charge in [0.2, 0.25) is 0 Å². The first-order valence-electron chi connectivity index (χ1n) is 6.91. The first kappa shape index (κ1) is 17.0. The summed E-state index contributed by atoms with van der Waals surface area (Å²) in [6, 6.07) is 0. The molecule has 0 unspecified atom stereocenters. The lowest BCUT2D eigenvalue weighted by Gasteiger charge is -1.98. The second-order valence-electron chi connectivity index (χ2n) is 3.78. The van der Waals surface area contributed by atoms with Crippen molar-refractivity contribution in [2.75, 3.05) is 5.75 Å². The van der Waals surface area contributed by atoms with E-state index in [0.29, 0.717) is 16.2 Å². The number of allylic oxidation sites excluding steroid dienone is 2. The van der Waals surface area contributed by atoms with Crippen LogP contribution in [-0.4, -0.2) is 20.7 Å². The highest BCUT2D eigenvalue weighted by Gasteiger charge is 2.12. The van der Waals surface area contributed by atoms with Gasteiger partial charge in [0.15, 0.2) is 5.16 Å². The van der Waals surface area contributed by atoms with E-state index in [0.717, 1.165) is 17.0 Å². The Morgan fingerprint density at radius 2 is 2.00 bits per heavy atom. The van der Waals surface area contributed by atoms with E-state index in [1.54, 1.807) is 12.2 Å². The maximum atomic E-state index is 12.0. The quantitative estimate of drug-likeness (QED) is 0.493. The highest BCUT2D eigenvalue weighted by Crippen LogP contribution is 2.22. The lowest BCUT2D eigenvalue weighted by atomic mass is 10.2. The van der Waals surface area contributed by atoms with Crippen molar-refractivity contribution in [2.45, 2.75) is 25.9 Å². The number of thioether (sulfide) groups is 1. The monoisotopic (exact) mass is 303 g/mol. The molecule has 0 bridgehead atoms. The van der Waals surface area contributed by atoms with Crippen LogP contribution in [0.2, 0.25) is 0 Å². The average molecular weight is 303 g/mol. The molecule has 2 heterocycles. The largest absolute Gasteiger partial charge is 0.349 e. The third-order valence-electron chi connectivity index (χ3n) is 2.59. The van der Waals surface area contributed by atoms with E-state index < -0.39 is 0 Å². The molecular formula is C16H21N3OS. The van der Waals surface area contributed by atoms with E-state index in [1.807, 2.05) is 32.9 Å². The molecule has 0 fully saturated rings. The first-order chi connectivity index (χ1) is 10.2. The fourth-order valence-corrected chi connectivity index (χ4v) is 2.39. The van der Waals surface area contributed by atoms with Crippen LogP contribution in [0, 0.1) is 0 Å². The predicted molar refractivity (Wildman–Crippen MR) is 93.8 cm³/mol. The molecule has 112 valence electrons. The summed E-state index contributed by atoms with van der Waals surface area (Å²) in [6.07, 6.45) is 7.04. The Bertz CT molecular complexity index is 710. The second-order valence-corrected chi connectivity index (χ2v) is 5.03. The molecule has 2 aromatic heterocycles. The van der Waals surface area contributed by atoms with Gasteiger partial charge in [-0.2, -0.15) is 0 Å². The van der Waals surface area contributed by atoms with E-state index in [4.69, 9.17) is 0 Å². The van der Waals surface area contributed by atoms with Crippen molar-refractivity contribution in [3.05, 3.63) is 46.9 Å². The summed E-state index contributed by atoms with van der Waals surface area (Å²) >= 11 is 1.50. The van der Waals surface area contributed by atoms with Gasteiger partial charge in [-0.3, -0.25) is 9.78 Å². The number of nitrogens with zero attached hydrogens (tertiary/aromatic N) is 1. The predicted octanol–water partition coefficient (Wildman–Crippen LogP) is 4.23. The SMILES string of the molecule is C=C/C=C\c1c(C=C)[nH]c2c(=O)[nH]c(SCC)nc12.CC. The molecular weight excluding hydrogens is 282 g/mol. The minimum absolute atomic E-state index is 0.165. The van der Waals surface area contributed by atoms with Crippen LogP contribution in [0.25, 0.3) is 23.2 Å². The molecule has 0 amide bonds. The lowest BCUT2D eigenvalue weighted by molar-refractivity contribution is 0.972. The van der Waals surface area contributed by atoms with Crippen LogP contribution in [0.1, 0.15) is 32.0 Å². The van der Waals surface area contributed by atoms with E-state index in [-0.39, 0.29) is 5.56 Å². The summed E-state index contributed by atoms with van der Waals surface area (Å²) in [7, 11) is 0. The summed E-state index contributed by atoms with van der Waals surface area (Å²) in [5.74, 6) is 0.852. The third kappa shape index (κ3) is 3.76. The third-order valence-corrected chi connectivity index (χ3v) is 3.34. The standard InChI is InChI=1S/C14H15N3OS.C2H6/c1-4-7-8-9-10(5-2)15-12-11(9)16-14(19-6-3)17-13(12)18;1-2/h4-5,7-8,15H,1-2,6H2,3H3,(H,16,17,18);1-2H3/b8-7-;. The molecule has 5 heteroatoms. The highest BCUT2D eigenvalue weighted by atomic mass is 32.2. The summed E-state index contributed by atoms with van der Waals surface area (Å²) in [4.78, 5) is 22.3. The molecule has 0 aromatic carbocycles. The lowest BCUT2D eigenvalue weighted by Crippen LogP contribution is -2.09. The topological polar surface area (TPSA) is 61.5 Å². The van der Waals surface area contributed by atoms with Gasteiger partial charge in [-0.25, -0.2) is 4.98 Å². The minimum Gasteiger partial charge on any atom is -0.349 e. The van der Waals surface area contributed by atoms with E-state index in [1.165, 1.54) is 11.8 Å². The van der Waals surface area contributed by atoms with Crippen LogP contribution in [0.15, 0.2) is 35.3 Å². The maximum Gasteiger partial charge on any atom is 0.275 e. The van der Waals surface area contributed by atoms with Gasteiger partial charge in [-0.1, -0.05) is 63.9 Å². The van der Waals surface area contributed by atoms with Gasteiger partial charge in [-0.05, 0) is 11.8 Å². The fraction of sp³-hybridized carbons (Fsp3) is 0.250. The van der Waals surface area contributed by atoms with Gasteiger partial charge in [0.1, 0.15) is 11.0 Å². The zero-order chi connectivity index (χ0) is 15.8. The summed E-state index contributed by atoms with van der Waals surface area (Å²) in [5, 5.41) is 0.628. The Labute approximate surface area is 129 Å². The molecule has 0 aliphatic rings. The van der Waals surface area contributed by atoms with Crippen LogP contribution in [-0.2, 0) is 0 Å². The number of aromatic amines is 2. The molecule has 0 spiro atoms. The average Bonchev–Trinajstić information content (AvgIpc) is 2.86. The molecule has 0 saturated carbocycles. The van der Waals surface area contributed by atoms with E-state index in [9.17, 15) is 4.79 Å². The van der Waals surface area contributed by atoms with Crippen molar-refractivity contribution in [3.63, 3.8) is 0 Å². The highest BCUT2D eigenvalue weighted by molar-refractivity contribution is 7.99. The zero-order valence-corrected chi connectivity index (χ0v) is 13.5. The minimum atomic E-state index is -0.165. The molecule has 0 radical (unpaired) electrons. The summed E-state index contributed by atoms with van der Waals surface area (Å²) in [6.45, 7) is 13.4. The van der Waals surface area contributed by atoms with Crippen molar-refractivity contribution < 1.29 is 0 Å². The normalized spacial score (nSPS) is 10.4.